The molecule has 1 aromatic heterocycles. The second kappa shape index (κ2) is 6.68. The van der Waals surface area contributed by atoms with Crippen LogP contribution in [0.1, 0.15) is 30.7 Å². The van der Waals surface area contributed by atoms with Gasteiger partial charge in [0.2, 0.25) is 0 Å². The molecule has 2 nitrogen and oxygen atoms in total. The number of aryl methyl sites for hydroxylation is 1. The van der Waals surface area contributed by atoms with Crippen molar-refractivity contribution in [3.63, 3.8) is 0 Å². The van der Waals surface area contributed by atoms with E-state index >= 15 is 0 Å². The van der Waals surface area contributed by atoms with Crippen LogP contribution in [-0.4, -0.2) is 22.9 Å². The van der Waals surface area contributed by atoms with Crippen molar-refractivity contribution in [3.05, 3.63) is 29.6 Å². The van der Waals surface area contributed by atoms with E-state index < -0.39 is 18.0 Å². The predicted molar refractivity (Wildman–Crippen MR) is 58.8 cm³/mol. The van der Waals surface area contributed by atoms with E-state index in [1.54, 1.807) is 0 Å². The van der Waals surface area contributed by atoms with Gasteiger partial charge in [-0.25, -0.2) is 9.37 Å². The molecule has 1 unspecified atom stereocenters. The predicted octanol–water partition coefficient (Wildman–Crippen LogP) is 3.14. The molecule has 0 aliphatic rings. The molecule has 0 aliphatic heterocycles. The number of alkyl halides is 4. The number of hydrogen-bond acceptors (Lipinski definition) is 2. The van der Waals surface area contributed by atoms with E-state index in [-0.39, 0.29) is 31.6 Å². The van der Waals surface area contributed by atoms with Gasteiger partial charge in [0.05, 0.1) is 0 Å². The van der Waals surface area contributed by atoms with Crippen LogP contribution in [0.3, 0.4) is 0 Å². The summed E-state index contributed by atoms with van der Waals surface area (Å²) in [6.07, 6.45) is -4.73. The van der Waals surface area contributed by atoms with Gasteiger partial charge in [-0.2, -0.15) is 13.2 Å². The summed E-state index contributed by atoms with van der Waals surface area (Å²) in [4.78, 5) is 3.46. The minimum Gasteiger partial charge on any atom is -0.396 e. The van der Waals surface area contributed by atoms with Crippen LogP contribution in [0, 0.1) is 0 Å². The molecule has 0 radical (unpaired) electrons. The smallest absolute Gasteiger partial charge is 0.396 e. The van der Waals surface area contributed by atoms with Gasteiger partial charge in [0.25, 0.3) is 0 Å². The zero-order valence-corrected chi connectivity index (χ0v) is 9.75. The van der Waals surface area contributed by atoms with Crippen molar-refractivity contribution in [1.82, 2.24) is 4.98 Å². The maximum Gasteiger partial charge on any atom is 0.433 e. The largest absolute Gasteiger partial charge is 0.433 e. The highest BCUT2D eigenvalue weighted by Crippen LogP contribution is 2.27. The first kappa shape index (κ1) is 14.9. The van der Waals surface area contributed by atoms with Gasteiger partial charge in [0.1, 0.15) is 11.9 Å². The SMILES string of the molecule is OCCCC(F)CCc1cccc(C(F)(F)F)n1. The average molecular weight is 265 g/mol. The van der Waals surface area contributed by atoms with E-state index in [1.807, 2.05) is 0 Å². The minimum absolute atomic E-state index is 0.0811. The van der Waals surface area contributed by atoms with Crippen molar-refractivity contribution < 1.29 is 22.7 Å². The average Bonchev–Trinajstić information content (AvgIpc) is 2.33. The van der Waals surface area contributed by atoms with Crippen LogP contribution < -0.4 is 0 Å². The molecule has 0 bridgehead atoms. The van der Waals surface area contributed by atoms with Crippen molar-refractivity contribution >= 4 is 0 Å². The maximum atomic E-state index is 13.2. The molecule has 1 N–H and O–H groups in total. The molecule has 1 aromatic rings. The summed E-state index contributed by atoms with van der Waals surface area (Å²) in [6, 6.07) is 3.61. The Morgan fingerprint density at radius 1 is 1.22 bits per heavy atom. The monoisotopic (exact) mass is 265 g/mol. The number of halogens is 4. The minimum atomic E-state index is -4.47. The van der Waals surface area contributed by atoms with Crippen LogP contribution >= 0.6 is 0 Å². The third kappa shape index (κ3) is 5.00. The first-order chi connectivity index (χ1) is 8.43. The van der Waals surface area contributed by atoms with Crippen molar-refractivity contribution in [3.8, 4) is 0 Å². The van der Waals surface area contributed by atoms with E-state index in [0.29, 0.717) is 6.42 Å². The Labute approximate surface area is 103 Å². The lowest BCUT2D eigenvalue weighted by molar-refractivity contribution is -0.141. The molecule has 0 aliphatic carbocycles. The number of aliphatic hydroxyl groups is 1. The van der Waals surface area contributed by atoms with E-state index in [4.69, 9.17) is 5.11 Å². The van der Waals surface area contributed by atoms with Crippen LogP contribution in [0.25, 0.3) is 0 Å². The molecule has 18 heavy (non-hydrogen) atoms. The van der Waals surface area contributed by atoms with Gasteiger partial charge in [-0.05, 0) is 37.8 Å². The van der Waals surface area contributed by atoms with Crippen molar-refractivity contribution in [2.75, 3.05) is 6.61 Å². The summed E-state index contributed by atoms with van der Waals surface area (Å²) in [5, 5.41) is 8.52. The zero-order chi connectivity index (χ0) is 13.6. The summed E-state index contributed by atoms with van der Waals surface area (Å²) < 4.78 is 50.4. The van der Waals surface area contributed by atoms with Crippen molar-refractivity contribution in [2.45, 2.75) is 38.0 Å². The van der Waals surface area contributed by atoms with Gasteiger partial charge in [-0.3, -0.25) is 0 Å². The Morgan fingerprint density at radius 3 is 2.56 bits per heavy atom. The molecule has 0 spiro atoms. The Bertz CT molecular complexity index is 367. The van der Waals surface area contributed by atoms with Gasteiger partial charge in [0.15, 0.2) is 0 Å². The Kier molecular flexibility index (Phi) is 5.53. The van der Waals surface area contributed by atoms with E-state index in [9.17, 15) is 17.6 Å². The summed E-state index contributed by atoms with van der Waals surface area (Å²) >= 11 is 0. The molecule has 102 valence electrons. The number of aliphatic hydroxyl groups excluding tert-OH is 1. The van der Waals surface area contributed by atoms with Gasteiger partial charge in [-0.15, -0.1) is 0 Å². The molecule has 0 fully saturated rings. The Morgan fingerprint density at radius 2 is 1.94 bits per heavy atom. The lowest BCUT2D eigenvalue weighted by Crippen LogP contribution is -2.10. The molecule has 1 rings (SSSR count). The fraction of sp³-hybridized carbons (Fsp3) is 0.583. The summed E-state index contributed by atoms with van der Waals surface area (Å²) in [5.41, 5.74) is -0.720. The lowest BCUT2D eigenvalue weighted by Gasteiger charge is -2.09. The van der Waals surface area contributed by atoms with Crippen LogP contribution in [-0.2, 0) is 12.6 Å². The second-order valence-corrected chi connectivity index (χ2v) is 4.01. The zero-order valence-electron chi connectivity index (χ0n) is 9.75. The fourth-order valence-corrected chi connectivity index (χ4v) is 1.54. The van der Waals surface area contributed by atoms with Crippen LogP contribution in [0.5, 0.6) is 0 Å². The number of aromatic nitrogens is 1. The van der Waals surface area contributed by atoms with Crippen LogP contribution in [0.15, 0.2) is 18.2 Å². The van der Waals surface area contributed by atoms with Gasteiger partial charge in [-0.1, -0.05) is 6.07 Å². The van der Waals surface area contributed by atoms with E-state index in [2.05, 4.69) is 4.98 Å². The number of nitrogens with zero attached hydrogens (tertiary/aromatic N) is 1. The van der Waals surface area contributed by atoms with Crippen LogP contribution in [0.4, 0.5) is 17.6 Å². The molecule has 1 atom stereocenters. The standard InChI is InChI=1S/C12H15F4NO/c13-9(3-2-8-18)6-7-10-4-1-5-11(17-10)12(14,15)16/h1,4-5,9,18H,2-3,6-8H2. The van der Waals surface area contributed by atoms with Gasteiger partial charge < -0.3 is 5.11 Å². The first-order valence-electron chi connectivity index (χ1n) is 5.71. The number of hydrogen-bond donors (Lipinski definition) is 1. The van der Waals surface area contributed by atoms with Gasteiger partial charge >= 0.3 is 6.18 Å². The summed E-state index contributed by atoms with van der Waals surface area (Å²) in [5.74, 6) is 0. The number of rotatable bonds is 6. The molecule has 0 amide bonds. The number of pyridine rings is 1. The normalized spacial score (nSPS) is 13.6. The first-order valence-corrected chi connectivity index (χ1v) is 5.71. The van der Waals surface area contributed by atoms with Crippen LogP contribution in [0.2, 0.25) is 0 Å². The van der Waals surface area contributed by atoms with E-state index in [0.717, 1.165) is 6.07 Å². The second-order valence-electron chi connectivity index (χ2n) is 4.01. The highest BCUT2D eigenvalue weighted by atomic mass is 19.4. The molecular weight excluding hydrogens is 250 g/mol. The summed E-state index contributed by atoms with van der Waals surface area (Å²) in [7, 11) is 0. The van der Waals surface area contributed by atoms with Crippen molar-refractivity contribution in [2.24, 2.45) is 0 Å². The molecule has 0 aromatic carbocycles. The molecule has 0 saturated carbocycles. The lowest BCUT2D eigenvalue weighted by atomic mass is 10.1. The van der Waals surface area contributed by atoms with Gasteiger partial charge in [0, 0.05) is 12.3 Å². The topological polar surface area (TPSA) is 33.1 Å². The highest BCUT2D eigenvalue weighted by molar-refractivity contribution is 5.13. The third-order valence-electron chi connectivity index (χ3n) is 2.49. The Balaban J connectivity index is 2.52. The molecular formula is C12H15F4NO. The van der Waals surface area contributed by atoms with Crippen molar-refractivity contribution in [1.29, 1.82) is 0 Å². The maximum absolute atomic E-state index is 13.2. The Hall–Kier alpha value is -1.17. The van der Waals surface area contributed by atoms with E-state index in [1.165, 1.54) is 12.1 Å². The quantitative estimate of drug-likeness (QED) is 0.801. The fourth-order valence-electron chi connectivity index (χ4n) is 1.54. The molecule has 0 saturated heterocycles. The summed E-state index contributed by atoms with van der Waals surface area (Å²) in [6.45, 7) is -0.0811. The highest BCUT2D eigenvalue weighted by Gasteiger charge is 2.32. The molecule has 1 heterocycles. The molecule has 6 heteroatoms. The third-order valence-corrected chi connectivity index (χ3v) is 2.49.